The molecule has 0 saturated carbocycles. The van der Waals surface area contributed by atoms with Crippen LogP contribution in [-0.4, -0.2) is 19.5 Å². The molecule has 3 aromatic carbocycles. The van der Waals surface area contributed by atoms with Gasteiger partial charge < -0.3 is 13.9 Å². The summed E-state index contributed by atoms with van der Waals surface area (Å²) in [5.41, 5.74) is 1.56. The summed E-state index contributed by atoms with van der Waals surface area (Å²) in [6.07, 6.45) is 0.748. The lowest BCUT2D eigenvalue weighted by Gasteiger charge is -2.13. The molecule has 0 spiro atoms. The van der Waals surface area contributed by atoms with E-state index in [0.717, 1.165) is 11.8 Å². The van der Waals surface area contributed by atoms with Crippen molar-refractivity contribution < 1.29 is 18.7 Å². The Morgan fingerprint density at radius 1 is 0.931 bits per heavy atom. The molecule has 0 aliphatic rings. The third-order valence-corrected chi connectivity index (χ3v) is 4.90. The molecular formula is C24H20O5. The molecule has 0 aliphatic heterocycles. The van der Waals surface area contributed by atoms with Crippen molar-refractivity contribution in [2.45, 2.75) is 13.3 Å². The first-order chi connectivity index (χ1) is 14.1. The Morgan fingerprint density at radius 3 is 2.45 bits per heavy atom. The molecule has 0 fully saturated rings. The maximum Gasteiger partial charge on any atom is 0.344 e. The first kappa shape index (κ1) is 18.7. The van der Waals surface area contributed by atoms with E-state index in [1.165, 1.54) is 12.5 Å². The summed E-state index contributed by atoms with van der Waals surface area (Å²) in [5, 5.41) is 1.79. The number of ether oxygens (including phenoxy) is 2. The average molecular weight is 388 g/mol. The van der Waals surface area contributed by atoms with Crippen molar-refractivity contribution in [2.24, 2.45) is 0 Å². The van der Waals surface area contributed by atoms with Gasteiger partial charge in [0.15, 0.2) is 17.3 Å². The van der Waals surface area contributed by atoms with Gasteiger partial charge in [0.25, 0.3) is 0 Å². The summed E-state index contributed by atoms with van der Waals surface area (Å²) >= 11 is 0. The van der Waals surface area contributed by atoms with Crippen LogP contribution in [-0.2, 0) is 6.42 Å². The molecular weight excluding hydrogens is 368 g/mol. The Kier molecular flexibility index (Phi) is 5.04. The van der Waals surface area contributed by atoms with E-state index < -0.39 is 5.63 Å². The quantitative estimate of drug-likeness (QED) is 0.270. The number of fused-ring (bicyclic) bond motifs is 3. The monoisotopic (exact) mass is 388 g/mol. The lowest BCUT2D eigenvalue weighted by atomic mass is 10.0. The first-order valence-corrected chi connectivity index (χ1v) is 9.33. The number of carbonyl (C=O) groups excluding carboxylic acids is 1. The number of hydrogen-bond acceptors (Lipinski definition) is 5. The van der Waals surface area contributed by atoms with E-state index in [2.05, 4.69) is 0 Å². The number of benzene rings is 3. The fraction of sp³-hybridized carbons (Fsp3) is 0.167. The zero-order chi connectivity index (χ0) is 20.4. The van der Waals surface area contributed by atoms with Crippen LogP contribution in [0.1, 0.15) is 22.8 Å². The smallest absolute Gasteiger partial charge is 0.344 e. The van der Waals surface area contributed by atoms with E-state index in [9.17, 15) is 9.59 Å². The van der Waals surface area contributed by atoms with E-state index in [-0.39, 0.29) is 5.78 Å². The fourth-order valence-electron chi connectivity index (χ4n) is 3.35. The van der Waals surface area contributed by atoms with Gasteiger partial charge in [0, 0.05) is 28.8 Å². The van der Waals surface area contributed by atoms with Gasteiger partial charge in [-0.15, -0.1) is 0 Å². The molecule has 0 aliphatic carbocycles. The average Bonchev–Trinajstić information content (AvgIpc) is 2.74. The SMILES string of the molecule is COc1cc2c(cc1OCCc1ccccc1)oc(=O)c1cc(C(C)=O)ccc12. The number of ketones is 1. The second-order valence-electron chi connectivity index (χ2n) is 6.79. The third kappa shape index (κ3) is 3.72. The van der Waals surface area contributed by atoms with Gasteiger partial charge in [0.2, 0.25) is 0 Å². The normalized spacial score (nSPS) is 11.0. The van der Waals surface area contributed by atoms with Crippen LogP contribution in [0.3, 0.4) is 0 Å². The number of methoxy groups -OCH3 is 1. The molecule has 0 N–H and O–H groups in total. The Hall–Kier alpha value is -3.60. The van der Waals surface area contributed by atoms with E-state index in [0.29, 0.717) is 40.0 Å². The largest absolute Gasteiger partial charge is 0.493 e. The maximum atomic E-state index is 12.5. The second-order valence-corrected chi connectivity index (χ2v) is 6.79. The van der Waals surface area contributed by atoms with Gasteiger partial charge >= 0.3 is 5.63 Å². The highest BCUT2D eigenvalue weighted by Crippen LogP contribution is 2.35. The summed E-state index contributed by atoms with van der Waals surface area (Å²) in [5.74, 6) is 0.960. The summed E-state index contributed by atoms with van der Waals surface area (Å²) in [6, 6.07) is 18.6. The summed E-state index contributed by atoms with van der Waals surface area (Å²) in [4.78, 5) is 24.1. The molecule has 1 aromatic heterocycles. The van der Waals surface area contributed by atoms with Gasteiger partial charge in [-0.25, -0.2) is 4.79 Å². The summed E-state index contributed by atoms with van der Waals surface area (Å²) in [6.45, 7) is 1.93. The maximum absolute atomic E-state index is 12.5. The molecule has 29 heavy (non-hydrogen) atoms. The Bertz CT molecular complexity index is 1260. The molecule has 0 radical (unpaired) electrons. The third-order valence-electron chi connectivity index (χ3n) is 4.90. The van der Waals surface area contributed by atoms with Crippen LogP contribution in [0.2, 0.25) is 0 Å². The van der Waals surface area contributed by atoms with Crippen LogP contribution in [0.5, 0.6) is 11.5 Å². The summed E-state index contributed by atoms with van der Waals surface area (Å²) < 4.78 is 16.9. The minimum Gasteiger partial charge on any atom is -0.493 e. The highest BCUT2D eigenvalue weighted by Gasteiger charge is 2.14. The number of rotatable bonds is 6. The molecule has 0 amide bonds. The van der Waals surface area contributed by atoms with Gasteiger partial charge in [-0.3, -0.25) is 4.79 Å². The first-order valence-electron chi connectivity index (χ1n) is 9.33. The lowest BCUT2D eigenvalue weighted by molar-refractivity contribution is 0.101. The van der Waals surface area contributed by atoms with E-state index in [1.807, 2.05) is 30.3 Å². The van der Waals surface area contributed by atoms with Crippen molar-refractivity contribution in [2.75, 3.05) is 13.7 Å². The molecule has 1 heterocycles. The van der Waals surface area contributed by atoms with Crippen LogP contribution in [0, 0.1) is 0 Å². The Balaban J connectivity index is 1.73. The van der Waals surface area contributed by atoms with Gasteiger partial charge in [0.05, 0.1) is 19.1 Å². The molecule has 0 unspecified atom stereocenters. The minimum absolute atomic E-state index is 0.105. The Morgan fingerprint density at radius 2 is 1.72 bits per heavy atom. The predicted octanol–water partition coefficient (Wildman–Crippen LogP) is 4.78. The topological polar surface area (TPSA) is 65.7 Å². The molecule has 5 heteroatoms. The molecule has 0 bridgehead atoms. The molecule has 4 rings (SSSR count). The van der Waals surface area contributed by atoms with E-state index in [4.69, 9.17) is 13.9 Å². The highest BCUT2D eigenvalue weighted by atomic mass is 16.5. The summed E-state index contributed by atoms with van der Waals surface area (Å²) in [7, 11) is 1.57. The fourth-order valence-corrected chi connectivity index (χ4v) is 3.35. The van der Waals surface area contributed by atoms with Crippen molar-refractivity contribution in [1.29, 1.82) is 0 Å². The molecule has 0 atom stereocenters. The van der Waals surface area contributed by atoms with Gasteiger partial charge in [-0.2, -0.15) is 0 Å². The van der Waals surface area contributed by atoms with Crippen molar-refractivity contribution in [3.05, 3.63) is 82.2 Å². The van der Waals surface area contributed by atoms with Crippen molar-refractivity contribution >= 4 is 27.5 Å². The minimum atomic E-state index is -0.490. The van der Waals surface area contributed by atoms with E-state index in [1.54, 1.807) is 37.4 Å². The highest BCUT2D eigenvalue weighted by molar-refractivity contribution is 6.07. The van der Waals surface area contributed by atoms with Crippen molar-refractivity contribution in [3.8, 4) is 11.5 Å². The van der Waals surface area contributed by atoms with Crippen LogP contribution in [0.15, 0.2) is 69.9 Å². The Labute approximate surface area is 167 Å². The molecule has 0 saturated heterocycles. The number of hydrogen-bond donors (Lipinski definition) is 0. The number of carbonyl (C=O) groups is 1. The van der Waals surface area contributed by atoms with Crippen molar-refractivity contribution in [3.63, 3.8) is 0 Å². The van der Waals surface area contributed by atoms with Crippen LogP contribution in [0.4, 0.5) is 0 Å². The zero-order valence-corrected chi connectivity index (χ0v) is 16.2. The van der Waals surface area contributed by atoms with Gasteiger partial charge in [-0.05, 0) is 24.6 Å². The van der Waals surface area contributed by atoms with E-state index >= 15 is 0 Å². The molecule has 5 nitrogen and oxygen atoms in total. The number of Topliss-reactive ketones (excluding diaryl/α,β-unsaturated/α-hetero) is 1. The predicted molar refractivity (Wildman–Crippen MR) is 112 cm³/mol. The zero-order valence-electron chi connectivity index (χ0n) is 16.2. The van der Waals surface area contributed by atoms with Crippen LogP contribution in [0.25, 0.3) is 21.7 Å². The van der Waals surface area contributed by atoms with Crippen LogP contribution < -0.4 is 15.1 Å². The van der Waals surface area contributed by atoms with Crippen molar-refractivity contribution in [1.82, 2.24) is 0 Å². The standard InChI is InChI=1S/C24H20O5/c1-15(25)17-8-9-18-19-13-22(27-2)23(14-21(19)29-24(26)20(18)12-17)28-11-10-16-6-4-3-5-7-16/h3-9,12-14H,10-11H2,1-2H3. The lowest BCUT2D eigenvalue weighted by Crippen LogP contribution is -2.05. The van der Waals surface area contributed by atoms with Gasteiger partial charge in [-0.1, -0.05) is 42.5 Å². The second kappa shape index (κ2) is 7.80. The van der Waals surface area contributed by atoms with Crippen LogP contribution >= 0.6 is 0 Å². The van der Waals surface area contributed by atoms with Gasteiger partial charge in [0.1, 0.15) is 5.58 Å². The molecule has 146 valence electrons. The molecule has 4 aromatic rings.